The summed E-state index contributed by atoms with van der Waals surface area (Å²) in [5.41, 5.74) is 1.12. The monoisotopic (exact) mass is 295 g/mol. The molecule has 2 aromatic rings. The highest BCUT2D eigenvalue weighted by molar-refractivity contribution is 9.10. The molecule has 0 amide bonds. The average Bonchev–Trinajstić information content (AvgIpc) is 2.35. The molecule has 17 heavy (non-hydrogen) atoms. The minimum Gasteiger partial charge on any atom is -0.490 e. The number of hydrogen-bond donors (Lipinski definition) is 0. The Morgan fingerprint density at radius 1 is 1.18 bits per heavy atom. The van der Waals surface area contributed by atoms with Crippen molar-refractivity contribution < 1.29 is 9.13 Å². The maximum absolute atomic E-state index is 13.3. The fraction of sp³-hybridized carbons (Fsp3) is 0.154. The lowest BCUT2D eigenvalue weighted by molar-refractivity contribution is 0.305. The van der Waals surface area contributed by atoms with Crippen LogP contribution >= 0.6 is 15.9 Å². The predicted octanol–water partition coefficient (Wildman–Crippen LogP) is 3.60. The van der Waals surface area contributed by atoms with Crippen LogP contribution in [0.3, 0.4) is 0 Å². The molecular formula is C13H11BrFNO. The number of hydrogen-bond acceptors (Lipinski definition) is 2. The number of halogens is 2. The predicted molar refractivity (Wildman–Crippen MR) is 67.5 cm³/mol. The fourth-order valence-electron chi connectivity index (χ4n) is 1.42. The summed E-state index contributed by atoms with van der Waals surface area (Å²) < 4.78 is 19.5. The minimum absolute atomic E-state index is 0.272. The lowest BCUT2D eigenvalue weighted by Gasteiger charge is -2.07. The fourth-order valence-corrected chi connectivity index (χ4v) is 1.76. The second-order valence-electron chi connectivity index (χ2n) is 3.53. The molecule has 0 radical (unpaired) electrons. The Labute approximate surface area is 108 Å². The molecule has 2 nitrogen and oxygen atoms in total. The van der Waals surface area contributed by atoms with Crippen LogP contribution < -0.4 is 4.74 Å². The Hall–Kier alpha value is -1.42. The van der Waals surface area contributed by atoms with E-state index in [1.54, 1.807) is 24.5 Å². The van der Waals surface area contributed by atoms with Gasteiger partial charge in [0.1, 0.15) is 0 Å². The summed E-state index contributed by atoms with van der Waals surface area (Å²) in [7, 11) is 0. The van der Waals surface area contributed by atoms with E-state index in [9.17, 15) is 4.39 Å². The van der Waals surface area contributed by atoms with Crippen LogP contribution in [0.25, 0.3) is 0 Å². The van der Waals surface area contributed by atoms with Crippen LogP contribution in [0.4, 0.5) is 4.39 Å². The molecule has 2 rings (SSSR count). The van der Waals surface area contributed by atoms with Crippen molar-refractivity contribution in [1.82, 2.24) is 4.98 Å². The van der Waals surface area contributed by atoms with Crippen molar-refractivity contribution in [3.8, 4) is 5.75 Å². The Morgan fingerprint density at radius 2 is 1.94 bits per heavy atom. The van der Waals surface area contributed by atoms with E-state index >= 15 is 0 Å². The first-order valence-electron chi connectivity index (χ1n) is 5.22. The van der Waals surface area contributed by atoms with Crippen molar-refractivity contribution in [3.05, 3.63) is 58.6 Å². The van der Waals surface area contributed by atoms with Gasteiger partial charge in [-0.25, -0.2) is 4.39 Å². The molecule has 88 valence electrons. The Kier molecular flexibility index (Phi) is 4.09. The normalized spacial score (nSPS) is 10.2. The van der Waals surface area contributed by atoms with E-state index in [2.05, 4.69) is 20.9 Å². The van der Waals surface area contributed by atoms with Gasteiger partial charge in [0.25, 0.3) is 0 Å². The van der Waals surface area contributed by atoms with Gasteiger partial charge in [-0.1, -0.05) is 15.9 Å². The van der Waals surface area contributed by atoms with Gasteiger partial charge in [-0.15, -0.1) is 0 Å². The molecule has 0 saturated carbocycles. The smallest absolute Gasteiger partial charge is 0.165 e. The van der Waals surface area contributed by atoms with Crippen LogP contribution in [0.1, 0.15) is 5.56 Å². The van der Waals surface area contributed by atoms with E-state index < -0.39 is 0 Å². The van der Waals surface area contributed by atoms with Gasteiger partial charge in [0, 0.05) is 23.3 Å². The van der Waals surface area contributed by atoms with Crippen molar-refractivity contribution >= 4 is 15.9 Å². The molecular weight excluding hydrogens is 285 g/mol. The zero-order valence-electron chi connectivity index (χ0n) is 9.07. The van der Waals surface area contributed by atoms with Crippen LogP contribution in [0.5, 0.6) is 5.75 Å². The van der Waals surface area contributed by atoms with Gasteiger partial charge < -0.3 is 4.74 Å². The molecule has 0 aliphatic rings. The maximum atomic E-state index is 13.3. The molecule has 0 unspecified atom stereocenters. The molecule has 1 aromatic heterocycles. The zero-order chi connectivity index (χ0) is 12.1. The molecule has 0 saturated heterocycles. The molecule has 1 aromatic carbocycles. The zero-order valence-corrected chi connectivity index (χ0v) is 10.7. The molecule has 1 heterocycles. The van der Waals surface area contributed by atoms with E-state index in [0.29, 0.717) is 6.61 Å². The molecule has 0 aliphatic heterocycles. The van der Waals surface area contributed by atoms with Crippen molar-refractivity contribution in [3.63, 3.8) is 0 Å². The number of nitrogens with zero attached hydrogens (tertiary/aromatic N) is 1. The third-order valence-corrected chi connectivity index (χ3v) is 2.78. The van der Waals surface area contributed by atoms with Gasteiger partial charge >= 0.3 is 0 Å². The summed E-state index contributed by atoms with van der Waals surface area (Å²) in [6.45, 7) is 0.442. The van der Waals surface area contributed by atoms with Crippen LogP contribution in [-0.2, 0) is 6.42 Å². The van der Waals surface area contributed by atoms with Crippen LogP contribution in [0.15, 0.2) is 47.2 Å². The van der Waals surface area contributed by atoms with Crippen LogP contribution in [-0.4, -0.2) is 11.6 Å². The van der Waals surface area contributed by atoms with E-state index in [1.807, 2.05) is 12.1 Å². The standard InChI is InChI=1S/C13H11BrFNO/c14-11-1-2-12(15)13(9-11)17-8-5-10-3-6-16-7-4-10/h1-4,6-7,9H,5,8H2. The number of rotatable bonds is 4. The topological polar surface area (TPSA) is 22.1 Å². The van der Waals surface area contributed by atoms with Crippen molar-refractivity contribution in [2.45, 2.75) is 6.42 Å². The first kappa shape index (κ1) is 12.0. The molecule has 0 bridgehead atoms. The highest BCUT2D eigenvalue weighted by Crippen LogP contribution is 2.22. The summed E-state index contributed by atoms with van der Waals surface area (Å²) in [6.07, 6.45) is 4.19. The summed E-state index contributed by atoms with van der Waals surface area (Å²) in [5, 5.41) is 0. The van der Waals surface area contributed by atoms with Gasteiger partial charge in [0.2, 0.25) is 0 Å². The lowest BCUT2D eigenvalue weighted by atomic mass is 10.2. The van der Waals surface area contributed by atoms with Gasteiger partial charge in [0.15, 0.2) is 11.6 Å². The Bertz CT molecular complexity index is 490. The molecule has 4 heteroatoms. The summed E-state index contributed by atoms with van der Waals surface area (Å²) in [5.74, 6) is -0.0728. The van der Waals surface area contributed by atoms with Crippen molar-refractivity contribution in [2.75, 3.05) is 6.61 Å². The second-order valence-corrected chi connectivity index (χ2v) is 4.44. The van der Waals surface area contributed by atoms with Crippen LogP contribution in [0.2, 0.25) is 0 Å². The van der Waals surface area contributed by atoms with E-state index in [0.717, 1.165) is 16.5 Å². The van der Waals surface area contributed by atoms with Crippen molar-refractivity contribution in [2.24, 2.45) is 0 Å². The highest BCUT2D eigenvalue weighted by Gasteiger charge is 2.03. The maximum Gasteiger partial charge on any atom is 0.165 e. The van der Waals surface area contributed by atoms with Gasteiger partial charge in [-0.05, 0) is 35.9 Å². The quantitative estimate of drug-likeness (QED) is 0.860. The minimum atomic E-state index is -0.345. The van der Waals surface area contributed by atoms with Gasteiger partial charge in [-0.3, -0.25) is 4.98 Å². The number of pyridine rings is 1. The Morgan fingerprint density at radius 3 is 2.71 bits per heavy atom. The summed E-state index contributed by atoms with van der Waals surface area (Å²) >= 11 is 3.28. The van der Waals surface area contributed by atoms with Crippen molar-refractivity contribution in [1.29, 1.82) is 0 Å². The van der Waals surface area contributed by atoms with E-state index in [1.165, 1.54) is 6.07 Å². The largest absolute Gasteiger partial charge is 0.490 e. The average molecular weight is 296 g/mol. The van der Waals surface area contributed by atoms with Gasteiger partial charge in [-0.2, -0.15) is 0 Å². The summed E-state index contributed by atoms with van der Waals surface area (Å²) in [6, 6.07) is 8.49. The second kappa shape index (κ2) is 5.77. The summed E-state index contributed by atoms with van der Waals surface area (Å²) in [4.78, 5) is 3.93. The first-order chi connectivity index (χ1) is 8.25. The molecule has 0 spiro atoms. The Balaban J connectivity index is 1.92. The third kappa shape index (κ3) is 3.53. The molecule has 0 atom stereocenters. The number of aromatic nitrogens is 1. The number of ether oxygens (including phenoxy) is 1. The van der Waals surface area contributed by atoms with Crippen LogP contribution in [0, 0.1) is 5.82 Å². The first-order valence-corrected chi connectivity index (χ1v) is 6.02. The molecule has 0 fully saturated rings. The lowest BCUT2D eigenvalue weighted by Crippen LogP contribution is -2.02. The third-order valence-electron chi connectivity index (χ3n) is 2.29. The molecule has 0 N–H and O–H groups in total. The van der Waals surface area contributed by atoms with E-state index in [-0.39, 0.29) is 11.6 Å². The number of benzene rings is 1. The SMILES string of the molecule is Fc1ccc(Br)cc1OCCc1ccncc1. The van der Waals surface area contributed by atoms with E-state index in [4.69, 9.17) is 4.74 Å². The highest BCUT2D eigenvalue weighted by atomic mass is 79.9. The van der Waals surface area contributed by atoms with Gasteiger partial charge in [0.05, 0.1) is 6.61 Å². The molecule has 0 aliphatic carbocycles.